The molecule has 7 nitrogen and oxygen atoms in total. The van der Waals surface area contributed by atoms with Gasteiger partial charge in [-0.2, -0.15) is 5.10 Å². The fraction of sp³-hybridized carbons (Fsp3) is 0.583. The minimum atomic E-state index is -1.09. The zero-order valence-corrected chi connectivity index (χ0v) is 11.2. The number of ether oxygens (including phenoxy) is 1. The molecule has 1 aliphatic rings. The predicted octanol–water partition coefficient (Wildman–Crippen LogP) is 1.73. The SMILES string of the molecule is CC(C)(C)OC(=O)c1cnn2c1N(C(=O)O)CCC2. The van der Waals surface area contributed by atoms with E-state index in [9.17, 15) is 14.7 Å². The van der Waals surface area contributed by atoms with Gasteiger partial charge in [-0.25, -0.2) is 14.3 Å². The standard InChI is InChI=1S/C12H17N3O4/c1-12(2,3)19-10(16)8-7-13-15-6-4-5-14(9(8)15)11(17)18/h7H,4-6H2,1-3H3,(H,17,18). The maximum Gasteiger partial charge on any atom is 0.413 e. The van der Waals surface area contributed by atoms with Crippen LogP contribution in [0.5, 0.6) is 0 Å². The summed E-state index contributed by atoms with van der Waals surface area (Å²) in [4.78, 5) is 24.4. The molecule has 0 spiro atoms. The van der Waals surface area contributed by atoms with Gasteiger partial charge in [0.25, 0.3) is 0 Å². The lowest BCUT2D eigenvalue weighted by Crippen LogP contribution is -2.37. The van der Waals surface area contributed by atoms with Gasteiger partial charge in [0.1, 0.15) is 11.2 Å². The molecule has 0 bridgehead atoms. The van der Waals surface area contributed by atoms with Crippen molar-refractivity contribution in [2.75, 3.05) is 11.4 Å². The molecule has 0 unspecified atom stereocenters. The highest BCUT2D eigenvalue weighted by Crippen LogP contribution is 2.27. The Kier molecular flexibility index (Phi) is 3.21. The molecule has 0 aliphatic carbocycles. The lowest BCUT2D eigenvalue weighted by molar-refractivity contribution is 0.00703. The first kappa shape index (κ1) is 13.4. The quantitative estimate of drug-likeness (QED) is 0.783. The van der Waals surface area contributed by atoms with Crippen molar-refractivity contribution in [1.29, 1.82) is 0 Å². The number of carbonyl (C=O) groups is 2. The molecule has 0 atom stereocenters. The van der Waals surface area contributed by atoms with Gasteiger partial charge in [-0.05, 0) is 27.2 Å². The summed E-state index contributed by atoms with van der Waals surface area (Å²) in [6, 6.07) is 0. The van der Waals surface area contributed by atoms with Crippen LogP contribution in [0.15, 0.2) is 6.20 Å². The molecule has 19 heavy (non-hydrogen) atoms. The Labute approximate surface area is 110 Å². The van der Waals surface area contributed by atoms with Crippen molar-refractivity contribution in [3.63, 3.8) is 0 Å². The smallest absolute Gasteiger partial charge is 0.413 e. The molecule has 104 valence electrons. The second-order valence-electron chi connectivity index (χ2n) is 5.39. The Morgan fingerprint density at radius 1 is 1.37 bits per heavy atom. The molecule has 0 radical (unpaired) electrons. The summed E-state index contributed by atoms with van der Waals surface area (Å²) in [5, 5.41) is 13.2. The van der Waals surface area contributed by atoms with Gasteiger partial charge in [0.2, 0.25) is 0 Å². The summed E-state index contributed by atoms with van der Waals surface area (Å²) >= 11 is 0. The maximum absolute atomic E-state index is 12.1. The van der Waals surface area contributed by atoms with E-state index in [2.05, 4.69) is 5.10 Å². The molecule has 1 aliphatic heterocycles. The van der Waals surface area contributed by atoms with Gasteiger partial charge in [-0.1, -0.05) is 0 Å². The molecular formula is C12H17N3O4. The second-order valence-corrected chi connectivity index (χ2v) is 5.39. The number of anilines is 1. The number of carboxylic acid groups (broad SMARTS) is 1. The molecule has 0 aromatic carbocycles. The Bertz CT molecular complexity index is 516. The van der Waals surface area contributed by atoms with Gasteiger partial charge in [0.15, 0.2) is 5.82 Å². The minimum absolute atomic E-state index is 0.192. The molecule has 0 saturated heterocycles. The van der Waals surface area contributed by atoms with Crippen molar-refractivity contribution in [3.05, 3.63) is 11.8 Å². The van der Waals surface area contributed by atoms with Gasteiger partial charge in [-0.3, -0.25) is 4.90 Å². The Hall–Kier alpha value is -2.05. The van der Waals surface area contributed by atoms with Crippen LogP contribution in [0.4, 0.5) is 10.6 Å². The van der Waals surface area contributed by atoms with Crippen LogP contribution in [-0.4, -0.2) is 39.1 Å². The molecule has 7 heteroatoms. The third-order valence-electron chi connectivity index (χ3n) is 2.67. The molecule has 1 aromatic rings. The summed E-state index contributed by atoms with van der Waals surface area (Å²) in [6.45, 7) is 6.24. The van der Waals surface area contributed by atoms with Crippen LogP contribution in [0.25, 0.3) is 0 Å². The number of nitrogens with zero attached hydrogens (tertiary/aromatic N) is 3. The molecule has 2 rings (SSSR count). The van der Waals surface area contributed by atoms with E-state index in [-0.39, 0.29) is 5.56 Å². The predicted molar refractivity (Wildman–Crippen MR) is 67.4 cm³/mol. The monoisotopic (exact) mass is 267 g/mol. The largest absolute Gasteiger partial charge is 0.465 e. The summed E-state index contributed by atoms with van der Waals surface area (Å²) in [7, 11) is 0. The van der Waals surface area contributed by atoms with Gasteiger partial charge in [0.05, 0.1) is 6.20 Å². The fourth-order valence-electron chi connectivity index (χ4n) is 1.98. The summed E-state index contributed by atoms with van der Waals surface area (Å²) < 4.78 is 6.79. The summed E-state index contributed by atoms with van der Waals surface area (Å²) in [5.74, 6) is -0.255. The lowest BCUT2D eigenvalue weighted by atomic mass is 10.2. The first-order valence-electron chi connectivity index (χ1n) is 6.09. The number of aromatic nitrogens is 2. The number of carbonyl (C=O) groups excluding carboxylic acids is 1. The van der Waals surface area contributed by atoms with Crippen molar-refractivity contribution in [3.8, 4) is 0 Å². The molecule has 0 saturated carbocycles. The maximum atomic E-state index is 12.1. The van der Waals surface area contributed by atoms with Crippen molar-refractivity contribution in [2.45, 2.75) is 39.3 Å². The van der Waals surface area contributed by atoms with Crippen LogP contribution < -0.4 is 4.90 Å². The first-order valence-corrected chi connectivity index (χ1v) is 6.09. The number of hydrogen-bond acceptors (Lipinski definition) is 4. The van der Waals surface area contributed by atoms with Crippen molar-refractivity contribution < 1.29 is 19.4 Å². The zero-order valence-electron chi connectivity index (χ0n) is 11.2. The summed E-state index contributed by atoms with van der Waals surface area (Å²) in [5.41, 5.74) is -0.439. The Balaban J connectivity index is 2.36. The Morgan fingerprint density at radius 3 is 2.63 bits per heavy atom. The molecule has 2 heterocycles. The van der Waals surface area contributed by atoms with E-state index in [1.807, 2.05) is 0 Å². The van der Waals surface area contributed by atoms with Gasteiger partial charge >= 0.3 is 12.1 Å². The fourth-order valence-corrected chi connectivity index (χ4v) is 1.98. The van der Waals surface area contributed by atoms with Crippen molar-refractivity contribution >= 4 is 17.9 Å². The third-order valence-corrected chi connectivity index (χ3v) is 2.67. The highest BCUT2D eigenvalue weighted by atomic mass is 16.6. The molecule has 1 aromatic heterocycles. The van der Waals surface area contributed by atoms with Gasteiger partial charge < -0.3 is 9.84 Å². The van der Waals surface area contributed by atoms with Crippen molar-refractivity contribution in [1.82, 2.24) is 9.78 Å². The number of fused-ring (bicyclic) bond motifs is 1. The topological polar surface area (TPSA) is 84.7 Å². The number of aryl methyl sites for hydroxylation is 1. The van der Waals surface area contributed by atoms with Crippen LogP contribution in [0.2, 0.25) is 0 Å². The van der Waals surface area contributed by atoms with Gasteiger partial charge in [-0.15, -0.1) is 0 Å². The van der Waals surface area contributed by atoms with Crippen LogP contribution in [0.3, 0.4) is 0 Å². The third kappa shape index (κ3) is 2.69. The lowest BCUT2D eigenvalue weighted by Gasteiger charge is -2.26. The van der Waals surface area contributed by atoms with E-state index < -0.39 is 17.7 Å². The normalized spacial score (nSPS) is 15.0. The second kappa shape index (κ2) is 4.56. The van der Waals surface area contributed by atoms with Crippen molar-refractivity contribution in [2.24, 2.45) is 0 Å². The van der Waals surface area contributed by atoms with Crippen LogP contribution in [-0.2, 0) is 11.3 Å². The molecular weight excluding hydrogens is 250 g/mol. The van der Waals surface area contributed by atoms with E-state index in [1.54, 1.807) is 20.8 Å². The van der Waals surface area contributed by atoms with E-state index >= 15 is 0 Å². The zero-order chi connectivity index (χ0) is 14.2. The minimum Gasteiger partial charge on any atom is -0.465 e. The van der Waals surface area contributed by atoms with E-state index in [1.165, 1.54) is 10.9 Å². The number of amides is 1. The number of esters is 1. The molecule has 1 amide bonds. The van der Waals surface area contributed by atoms with Crippen LogP contribution >= 0.6 is 0 Å². The van der Waals surface area contributed by atoms with Crippen LogP contribution in [0, 0.1) is 0 Å². The van der Waals surface area contributed by atoms with E-state index in [4.69, 9.17) is 4.74 Å². The number of hydrogen-bond donors (Lipinski definition) is 1. The van der Waals surface area contributed by atoms with E-state index in [0.717, 1.165) is 4.90 Å². The average Bonchev–Trinajstić information content (AvgIpc) is 2.69. The van der Waals surface area contributed by atoms with Crippen LogP contribution in [0.1, 0.15) is 37.6 Å². The average molecular weight is 267 g/mol. The number of rotatable bonds is 1. The van der Waals surface area contributed by atoms with Gasteiger partial charge in [0, 0.05) is 13.1 Å². The first-order chi connectivity index (χ1) is 8.79. The van der Waals surface area contributed by atoms with E-state index in [0.29, 0.717) is 25.3 Å². The molecule has 1 N–H and O–H groups in total. The highest BCUT2D eigenvalue weighted by molar-refractivity contribution is 5.99. The summed E-state index contributed by atoms with van der Waals surface area (Å²) in [6.07, 6.45) is 0.950. The Morgan fingerprint density at radius 2 is 2.05 bits per heavy atom. The molecule has 0 fully saturated rings. The highest BCUT2D eigenvalue weighted by Gasteiger charge is 2.31.